The maximum absolute atomic E-state index is 12.4. The average Bonchev–Trinajstić information content (AvgIpc) is 2.16. The molecule has 1 aromatic rings. The number of nitrogens with one attached hydrogen (secondary N) is 1. The molecule has 0 spiro atoms. The Balaban J connectivity index is 3.33. The Morgan fingerprint density at radius 2 is 2.07 bits per heavy atom. The van der Waals surface area contributed by atoms with Crippen LogP contribution in [0.4, 0.5) is 8.78 Å². The second kappa shape index (κ2) is 4.45. The second-order valence-electron chi connectivity index (χ2n) is 3.01. The Morgan fingerprint density at radius 1 is 1.47 bits per heavy atom. The topological polar surface area (TPSA) is 40.9 Å². The minimum Gasteiger partial charge on any atom is -0.244 e. The molecule has 0 saturated heterocycles. The Labute approximate surface area is 92.2 Å². The fourth-order valence-electron chi connectivity index (χ4n) is 1.10. The van der Waals surface area contributed by atoms with Gasteiger partial charge in [-0.05, 0) is 30.2 Å². The molecule has 1 N–H and O–H groups in total. The number of halogens is 3. The van der Waals surface area contributed by atoms with E-state index in [0.717, 1.165) is 6.07 Å². The molecular weight excluding hydrogens is 244 g/mol. The first-order valence-corrected chi connectivity index (χ1v) is 6.23. The number of alkyl halides is 2. The van der Waals surface area contributed by atoms with Gasteiger partial charge in [-0.25, -0.2) is 8.99 Å². The predicted molar refractivity (Wildman–Crippen MR) is 56.0 cm³/mol. The van der Waals surface area contributed by atoms with Gasteiger partial charge in [-0.2, -0.15) is 8.78 Å². The number of hydrogen-bond acceptors (Lipinski definition) is 2. The molecule has 1 unspecified atom stereocenters. The minimum absolute atomic E-state index is 0.207. The van der Waals surface area contributed by atoms with E-state index in [-0.39, 0.29) is 9.92 Å². The normalized spacial score (nSPS) is 15.3. The van der Waals surface area contributed by atoms with E-state index in [0.29, 0.717) is 12.0 Å². The highest BCUT2D eigenvalue weighted by Gasteiger charge is 2.22. The van der Waals surface area contributed by atoms with Crippen molar-refractivity contribution in [2.75, 3.05) is 0 Å². The van der Waals surface area contributed by atoms with Crippen molar-refractivity contribution in [3.63, 3.8) is 0 Å². The van der Waals surface area contributed by atoms with Gasteiger partial charge >= 0.3 is 5.76 Å². The largest absolute Gasteiger partial charge is 0.323 e. The Morgan fingerprint density at radius 3 is 2.53 bits per heavy atom. The molecule has 0 heterocycles. The van der Waals surface area contributed by atoms with Crippen LogP contribution in [0, 0.1) is 4.78 Å². The van der Waals surface area contributed by atoms with Crippen LogP contribution in [-0.2, 0) is 16.1 Å². The average molecular weight is 254 g/mol. The van der Waals surface area contributed by atoms with Crippen LogP contribution in [0.25, 0.3) is 0 Å². The minimum atomic E-state index is -4.05. The van der Waals surface area contributed by atoms with E-state index in [4.69, 9.17) is 16.4 Å². The van der Waals surface area contributed by atoms with E-state index >= 15 is 0 Å². The van der Waals surface area contributed by atoms with Crippen molar-refractivity contribution < 1.29 is 13.0 Å². The van der Waals surface area contributed by atoms with Gasteiger partial charge in [-0.1, -0.05) is 18.5 Å². The molecule has 1 rings (SSSR count). The summed E-state index contributed by atoms with van der Waals surface area (Å²) in [6.07, 6.45) is 0.590. The Hall–Kier alpha value is -0.680. The second-order valence-corrected chi connectivity index (χ2v) is 5.48. The lowest BCUT2D eigenvalue weighted by Crippen LogP contribution is -2.09. The summed E-state index contributed by atoms with van der Waals surface area (Å²) in [6.45, 7) is 1.82. The van der Waals surface area contributed by atoms with E-state index < -0.39 is 15.5 Å². The molecule has 1 atom stereocenters. The first-order valence-electron chi connectivity index (χ1n) is 4.23. The van der Waals surface area contributed by atoms with Crippen molar-refractivity contribution in [2.24, 2.45) is 0 Å². The Kier molecular flexibility index (Phi) is 3.67. The van der Waals surface area contributed by atoms with Crippen LogP contribution in [0.15, 0.2) is 23.1 Å². The number of hydrogen-bond donors (Lipinski definition) is 1. The van der Waals surface area contributed by atoms with Crippen LogP contribution in [0.2, 0.25) is 5.02 Å². The number of aryl methyl sites for hydroxylation is 1. The van der Waals surface area contributed by atoms with Gasteiger partial charge in [-0.15, -0.1) is 0 Å². The van der Waals surface area contributed by atoms with E-state index in [9.17, 15) is 13.0 Å². The molecule has 0 fully saturated rings. The van der Waals surface area contributed by atoms with E-state index in [1.54, 1.807) is 6.07 Å². The molecule has 0 aliphatic heterocycles. The molecular formula is C9H10ClF2NOS. The molecule has 6 heteroatoms. The molecule has 0 amide bonds. The van der Waals surface area contributed by atoms with Crippen LogP contribution in [0.5, 0.6) is 0 Å². The fraction of sp³-hybridized carbons (Fsp3) is 0.333. The highest BCUT2D eigenvalue weighted by molar-refractivity contribution is 7.92. The summed E-state index contributed by atoms with van der Waals surface area (Å²) in [5.74, 6) is -3.19. The lowest BCUT2D eigenvalue weighted by atomic mass is 10.2. The zero-order valence-corrected chi connectivity index (χ0v) is 9.54. The van der Waals surface area contributed by atoms with Crippen molar-refractivity contribution in [3.8, 4) is 0 Å². The zero-order chi connectivity index (χ0) is 11.6. The highest BCUT2D eigenvalue weighted by Crippen LogP contribution is 2.24. The third kappa shape index (κ3) is 2.66. The lowest BCUT2D eigenvalue weighted by Gasteiger charge is -2.08. The van der Waals surface area contributed by atoms with Crippen LogP contribution in [-0.4, -0.2) is 9.97 Å². The molecule has 0 bridgehead atoms. The summed E-state index contributed by atoms with van der Waals surface area (Å²) in [5, 5.41) is 0.227. The van der Waals surface area contributed by atoms with Gasteiger partial charge in [0.05, 0.1) is 4.90 Å². The van der Waals surface area contributed by atoms with Gasteiger partial charge in [0, 0.05) is 5.02 Å². The molecule has 15 heavy (non-hydrogen) atoms. The standard InChI is InChI=1S/C9H10ClF2NOS/c1-2-6-3-7(10)5-8(4-6)15(13,14)9(11)12/h3-5,9,13H,2H2,1H3. The molecule has 0 aliphatic rings. The first kappa shape index (κ1) is 12.4. The van der Waals surface area contributed by atoms with E-state index in [1.807, 2.05) is 6.92 Å². The summed E-state index contributed by atoms with van der Waals surface area (Å²) in [6, 6.07) is 4.10. The van der Waals surface area contributed by atoms with Crippen molar-refractivity contribution in [1.82, 2.24) is 0 Å². The van der Waals surface area contributed by atoms with Gasteiger partial charge in [0.1, 0.15) is 9.73 Å². The maximum atomic E-state index is 12.4. The molecule has 0 aromatic heterocycles. The highest BCUT2D eigenvalue weighted by atomic mass is 35.5. The maximum Gasteiger partial charge on any atom is 0.323 e. The predicted octanol–water partition coefficient (Wildman–Crippen LogP) is 3.53. The molecule has 0 aliphatic carbocycles. The first-order chi connectivity index (χ1) is 6.87. The third-order valence-electron chi connectivity index (χ3n) is 1.94. The lowest BCUT2D eigenvalue weighted by molar-refractivity contribution is 0.241. The molecule has 84 valence electrons. The SMILES string of the molecule is CCc1cc(Cl)cc(S(=N)(=O)C(F)F)c1. The monoisotopic (exact) mass is 253 g/mol. The third-order valence-corrected chi connectivity index (χ3v) is 3.60. The zero-order valence-electron chi connectivity index (χ0n) is 7.97. The summed E-state index contributed by atoms with van der Waals surface area (Å²) >= 11 is 5.69. The summed E-state index contributed by atoms with van der Waals surface area (Å²) < 4.78 is 43.2. The quantitative estimate of drug-likeness (QED) is 0.880. The summed E-state index contributed by atoms with van der Waals surface area (Å²) in [4.78, 5) is -0.207. The van der Waals surface area contributed by atoms with Crippen molar-refractivity contribution in [1.29, 1.82) is 4.78 Å². The molecule has 1 aromatic carbocycles. The van der Waals surface area contributed by atoms with Crippen LogP contribution in [0.3, 0.4) is 0 Å². The Bertz CT molecular complexity index is 459. The van der Waals surface area contributed by atoms with Crippen LogP contribution in [0.1, 0.15) is 12.5 Å². The number of benzene rings is 1. The van der Waals surface area contributed by atoms with Gasteiger partial charge in [-0.3, -0.25) is 0 Å². The van der Waals surface area contributed by atoms with Gasteiger partial charge < -0.3 is 0 Å². The number of rotatable bonds is 3. The molecule has 2 nitrogen and oxygen atoms in total. The molecule has 0 saturated carbocycles. The smallest absolute Gasteiger partial charge is 0.244 e. The van der Waals surface area contributed by atoms with E-state index in [1.165, 1.54) is 6.07 Å². The summed E-state index contributed by atoms with van der Waals surface area (Å²) in [7, 11) is -4.05. The van der Waals surface area contributed by atoms with Crippen LogP contribution < -0.4 is 0 Å². The van der Waals surface area contributed by atoms with Crippen LogP contribution >= 0.6 is 11.6 Å². The van der Waals surface area contributed by atoms with Gasteiger partial charge in [0.25, 0.3) is 0 Å². The van der Waals surface area contributed by atoms with Crippen molar-refractivity contribution >= 4 is 21.3 Å². The van der Waals surface area contributed by atoms with Crippen molar-refractivity contribution in [2.45, 2.75) is 24.0 Å². The van der Waals surface area contributed by atoms with Crippen molar-refractivity contribution in [3.05, 3.63) is 28.8 Å². The summed E-state index contributed by atoms with van der Waals surface area (Å²) in [5.41, 5.74) is 0.693. The molecule has 0 radical (unpaired) electrons. The van der Waals surface area contributed by atoms with Gasteiger partial charge in [0.15, 0.2) is 0 Å². The van der Waals surface area contributed by atoms with E-state index in [2.05, 4.69) is 0 Å². The fourth-order valence-corrected chi connectivity index (χ4v) is 2.26. The van der Waals surface area contributed by atoms with Gasteiger partial charge in [0.2, 0.25) is 0 Å².